The van der Waals surface area contributed by atoms with Gasteiger partial charge >= 0.3 is 0 Å². The van der Waals surface area contributed by atoms with E-state index in [2.05, 4.69) is 30.8 Å². The topological polar surface area (TPSA) is 113 Å². The zero-order chi connectivity index (χ0) is 21.5. The molecule has 1 aliphatic carbocycles. The number of aromatic nitrogens is 4. The molecule has 0 spiro atoms. The molecule has 2 amide bonds. The number of H-pyrrole nitrogens is 1. The zero-order valence-electron chi connectivity index (χ0n) is 17.3. The molecule has 162 valence electrons. The maximum absolute atomic E-state index is 12.8. The van der Waals surface area contributed by atoms with Crippen molar-refractivity contribution in [3.05, 3.63) is 47.7 Å². The fourth-order valence-electron chi connectivity index (χ4n) is 4.28. The Kier molecular flexibility index (Phi) is 6.71. The number of hydrogen-bond acceptors (Lipinski definition) is 6. The summed E-state index contributed by atoms with van der Waals surface area (Å²) in [5, 5.41) is 15.1. The summed E-state index contributed by atoms with van der Waals surface area (Å²) >= 11 is 1.40. The Hall–Kier alpha value is -3.07. The van der Waals surface area contributed by atoms with Crippen LogP contribution in [0.4, 0.5) is 5.13 Å². The summed E-state index contributed by atoms with van der Waals surface area (Å²) < 4.78 is 0. The molecule has 0 aliphatic heterocycles. The number of benzene rings is 1. The number of carbonyl (C=O) groups is 2. The minimum atomic E-state index is -0.286. The van der Waals surface area contributed by atoms with Crippen molar-refractivity contribution in [2.75, 3.05) is 5.32 Å². The van der Waals surface area contributed by atoms with Gasteiger partial charge in [0.25, 0.3) is 0 Å². The van der Waals surface area contributed by atoms with Gasteiger partial charge < -0.3 is 10.6 Å². The van der Waals surface area contributed by atoms with Crippen LogP contribution in [0, 0.1) is 5.41 Å². The van der Waals surface area contributed by atoms with E-state index in [9.17, 15) is 9.59 Å². The van der Waals surface area contributed by atoms with E-state index in [0.717, 1.165) is 43.2 Å². The van der Waals surface area contributed by atoms with E-state index in [1.165, 1.54) is 17.7 Å². The van der Waals surface area contributed by atoms with Gasteiger partial charge in [-0.1, -0.05) is 37.5 Å². The van der Waals surface area contributed by atoms with Crippen LogP contribution in [0.15, 0.2) is 42.2 Å². The summed E-state index contributed by atoms with van der Waals surface area (Å²) in [4.78, 5) is 33.7. The van der Waals surface area contributed by atoms with Crippen molar-refractivity contribution in [2.45, 2.75) is 51.5 Å². The summed E-state index contributed by atoms with van der Waals surface area (Å²) in [5.41, 5.74) is 1.62. The van der Waals surface area contributed by atoms with Gasteiger partial charge in [-0.3, -0.25) is 14.7 Å². The van der Waals surface area contributed by atoms with Crippen LogP contribution in [0.1, 0.15) is 50.5 Å². The molecule has 2 heterocycles. The third kappa shape index (κ3) is 5.75. The lowest BCUT2D eigenvalue weighted by molar-refractivity contribution is -0.126. The van der Waals surface area contributed by atoms with Crippen LogP contribution in [0.25, 0.3) is 11.4 Å². The maximum Gasteiger partial charge on any atom is 0.226 e. The molecular formula is C22H26N6O2S. The normalized spacial score (nSPS) is 15.4. The fraction of sp³-hybridized carbons (Fsp3) is 0.409. The van der Waals surface area contributed by atoms with Crippen molar-refractivity contribution in [1.82, 2.24) is 25.5 Å². The predicted octanol–water partition coefficient (Wildman–Crippen LogP) is 3.91. The molecule has 3 aromatic rings. The Morgan fingerprint density at radius 2 is 1.94 bits per heavy atom. The molecule has 8 nitrogen and oxygen atoms in total. The van der Waals surface area contributed by atoms with E-state index in [1.807, 2.05) is 29.6 Å². The average Bonchev–Trinajstić information content (AvgIpc) is 3.47. The average molecular weight is 439 g/mol. The molecule has 1 fully saturated rings. The van der Waals surface area contributed by atoms with Crippen LogP contribution >= 0.6 is 11.3 Å². The number of nitrogens with one attached hydrogen (secondary N) is 3. The van der Waals surface area contributed by atoms with Crippen LogP contribution in [0.2, 0.25) is 0 Å². The van der Waals surface area contributed by atoms with Crippen molar-refractivity contribution in [3.63, 3.8) is 0 Å². The van der Waals surface area contributed by atoms with E-state index in [4.69, 9.17) is 0 Å². The van der Waals surface area contributed by atoms with Gasteiger partial charge in [0.05, 0.1) is 0 Å². The number of thiazole rings is 1. The number of carbonyl (C=O) groups excluding carboxylic acids is 2. The van der Waals surface area contributed by atoms with Gasteiger partial charge in [0.2, 0.25) is 11.8 Å². The van der Waals surface area contributed by atoms with Crippen molar-refractivity contribution >= 4 is 28.3 Å². The van der Waals surface area contributed by atoms with Gasteiger partial charge in [-0.25, -0.2) is 9.97 Å². The highest BCUT2D eigenvalue weighted by atomic mass is 32.1. The lowest BCUT2D eigenvalue weighted by Gasteiger charge is -2.36. The Morgan fingerprint density at radius 1 is 1.10 bits per heavy atom. The smallest absolute Gasteiger partial charge is 0.226 e. The van der Waals surface area contributed by atoms with Gasteiger partial charge in [0.1, 0.15) is 6.33 Å². The van der Waals surface area contributed by atoms with Crippen molar-refractivity contribution < 1.29 is 9.59 Å². The first-order valence-electron chi connectivity index (χ1n) is 10.5. The molecule has 0 unspecified atom stereocenters. The van der Waals surface area contributed by atoms with Crippen molar-refractivity contribution in [2.24, 2.45) is 5.41 Å². The van der Waals surface area contributed by atoms with Crippen molar-refractivity contribution in [3.8, 4) is 11.4 Å². The molecule has 1 aromatic carbocycles. The minimum absolute atomic E-state index is 0.0194. The molecule has 0 bridgehead atoms. The second-order valence-electron chi connectivity index (χ2n) is 8.11. The Labute approximate surface area is 184 Å². The first kappa shape index (κ1) is 21.2. The van der Waals surface area contributed by atoms with E-state index in [1.54, 1.807) is 6.20 Å². The fourth-order valence-corrected chi connectivity index (χ4v) is 4.83. The van der Waals surface area contributed by atoms with Gasteiger partial charge in [0.15, 0.2) is 11.0 Å². The number of rotatable bonds is 8. The number of amides is 2. The van der Waals surface area contributed by atoms with E-state index >= 15 is 0 Å². The van der Waals surface area contributed by atoms with Crippen LogP contribution in [-0.2, 0) is 16.1 Å². The summed E-state index contributed by atoms with van der Waals surface area (Å²) in [6.07, 6.45) is 8.90. The molecule has 0 radical (unpaired) electrons. The summed E-state index contributed by atoms with van der Waals surface area (Å²) in [7, 11) is 0. The van der Waals surface area contributed by atoms with Crippen LogP contribution in [-0.4, -0.2) is 32.0 Å². The largest absolute Gasteiger partial charge is 0.352 e. The quantitative estimate of drug-likeness (QED) is 0.493. The summed E-state index contributed by atoms with van der Waals surface area (Å²) in [6, 6.07) is 7.84. The minimum Gasteiger partial charge on any atom is -0.352 e. The second kappa shape index (κ2) is 9.82. The third-order valence-corrected chi connectivity index (χ3v) is 6.46. The molecule has 1 saturated carbocycles. The van der Waals surface area contributed by atoms with Gasteiger partial charge in [-0.15, -0.1) is 11.3 Å². The number of nitrogens with zero attached hydrogens (tertiary/aromatic N) is 3. The van der Waals surface area contributed by atoms with Crippen LogP contribution in [0.5, 0.6) is 0 Å². The van der Waals surface area contributed by atoms with Gasteiger partial charge in [0, 0.05) is 36.5 Å². The van der Waals surface area contributed by atoms with Crippen LogP contribution < -0.4 is 10.6 Å². The third-order valence-electron chi connectivity index (χ3n) is 5.77. The highest BCUT2D eigenvalue weighted by molar-refractivity contribution is 7.13. The molecule has 9 heteroatoms. The monoisotopic (exact) mass is 438 g/mol. The number of hydrogen-bond donors (Lipinski definition) is 3. The number of aromatic amines is 1. The lowest BCUT2D eigenvalue weighted by Crippen LogP contribution is -2.36. The molecular weight excluding hydrogens is 412 g/mol. The van der Waals surface area contributed by atoms with Crippen LogP contribution in [0.3, 0.4) is 0 Å². The summed E-state index contributed by atoms with van der Waals surface area (Å²) in [5.74, 6) is 0.610. The van der Waals surface area contributed by atoms with Gasteiger partial charge in [-0.2, -0.15) is 5.10 Å². The SMILES string of the molecule is O=C(CC1(CC(=O)Nc2nccs2)CCCCC1)NCc1cccc(-c2ncn[nH]2)c1. The molecule has 31 heavy (non-hydrogen) atoms. The molecule has 3 N–H and O–H groups in total. The first-order valence-corrected chi connectivity index (χ1v) is 11.4. The second-order valence-corrected chi connectivity index (χ2v) is 9.01. The molecule has 4 rings (SSSR count). The van der Waals surface area contributed by atoms with Crippen molar-refractivity contribution in [1.29, 1.82) is 0 Å². The first-order chi connectivity index (χ1) is 15.1. The Morgan fingerprint density at radius 3 is 2.68 bits per heavy atom. The van der Waals surface area contributed by atoms with E-state index < -0.39 is 0 Å². The number of anilines is 1. The molecule has 0 atom stereocenters. The van der Waals surface area contributed by atoms with E-state index in [0.29, 0.717) is 30.3 Å². The lowest BCUT2D eigenvalue weighted by atomic mass is 9.69. The predicted molar refractivity (Wildman–Crippen MR) is 119 cm³/mol. The highest BCUT2D eigenvalue weighted by Gasteiger charge is 2.36. The molecule has 0 saturated heterocycles. The Bertz CT molecular complexity index is 997. The Balaban J connectivity index is 1.35. The van der Waals surface area contributed by atoms with E-state index in [-0.39, 0.29) is 17.2 Å². The molecule has 1 aliphatic rings. The molecule has 2 aromatic heterocycles. The van der Waals surface area contributed by atoms with Gasteiger partial charge in [-0.05, 0) is 29.9 Å². The maximum atomic E-state index is 12.8. The highest BCUT2D eigenvalue weighted by Crippen LogP contribution is 2.42. The standard InChI is InChI=1S/C22H26N6O2S/c29-18(24-14-16-5-4-6-17(11-16)20-25-15-26-28-20)12-22(7-2-1-3-8-22)13-19(30)27-21-23-9-10-31-21/h4-6,9-11,15H,1-3,7-8,12-14H2,(H,24,29)(H,23,27,30)(H,25,26,28). The zero-order valence-corrected chi connectivity index (χ0v) is 18.1. The summed E-state index contributed by atoms with van der Waals surface area (Å²) in [6.45, 7) is 0.433.